The van der Waals surface area contributed by atoms with Crippen LogP contribution >= 0.6 is 0 Å². The van der Waals surface area contributed by atoms with E-state index in [2.05, 4.69) is 30.9 Å². The van der Waals surface area contributed by atoms with Crippen LogP contribution in [0.15, 0.2) is 86.9 Å². The Kier molecular flexibility index (Phi) is 11.0. The van der Waals surface area contributed by atoms with Crippen molar-refractivity contribution in [3.63, 3.8) is 0 Å². The molecule has 9 heteroatoms. The average Bonchev–Trinajstić information content (AvgIpc) is 3.45. The molecule has 3 aromatic carbocycles. The Balaban J connectivity index is 0.00000423. The predicted octanol–water partition coefficient (Wildman–Crippen LogP) is 6.28. The average molecular weight is 588 g/mol. The molecule has 43 heavy (non-hydrogen) atoms. The van der Waals surface area contributed by atoms with Gasteiger partial charge >= 0.3 is 5.76 Å². The van der Waals surface area contributed by atoms with E-state index in [4.69, 9.17) is 14.2 Å². The molecule has 0 unspecified atom stereocenters. The molecular formula is C34H36N4NaO4. The zero-order valence-electron chi connectivity index (χ0n) is 25.5. The number of aromatic amines is 1. The van der Waals surface area contributed by atoms with Gasteiger partial charge in [-0.15, -0.1) is 0 Å². The first-order valence-electron chi connectivity index (χ1n) is 14.5. The van der Waals surface area contributed by atoms with E-state index in [1.165, 1.54) is 0 Å². The maximum Gasteiger partial charge on any atom is 0.439 e. The van der Waals surface area contributed by atoms with E-state index in [0.29, 0.717) is 23.6 Å². The summed E-state index contributed by atoms with van der Waals surface area (Å²) in [6, 6.07) is 23.5. The van der Waals surface area contributed by atoms with Crippen molar-refractivity contribution in [3.05, 3.63) is 116 Å². The minimum atomic E-state index is -0.596. The normalized spacial score (nSPS) is 11.0. The van der Waals surface area contributed by atoms with E-state index in [0.717, 1.165) is 65.1 Å². The van der Waals surface area contributed by atoms with Crippen LogP contribution in [0.25, 0.3) is 28.2 Å². The molecule has 0 fully saturated rings. The summed E-state index contributed by atoms with van der Waals surface area (Å²) in [6.45, 7) is 8.21. The van der Waals surface area contributed by atoms with E-state index < -0.39 is 5.76 Å². The molecule has 0 saturated carbocycles. The fourth-order valence-electron chi connectivity index (χ4n) is 5.26. The number of ether oxygens (including phenoxy) is 1. The number of aromatic nitrogens is 4. The van der Waals surface area contributed by atoms with Crippen molar-refractivity contribution in [2.24, 2.45) is 0 Å². The minimum absolute atomic E-state index is 0. The maximum absolute atomic E-state index is 14.0. The fourth-order valence-corrected chi connectivity index (χ4v) is 5.26. The number of nitrogens with one attached hydrogen (secondary N) is 1. The fraction of sp³-hybridized carbons (Fsp3) is 0.294. The van der Waals surface area contributed by atoms with Gasteiger partial charge in [0.15, 0.2) is 5.82 Å². The molecule has 5 rings (SSSR count). The molecule has 0 aliphatic carbocycles. The number of aryl methyl sites for hydroxylation is 2. The third-order valence-electron chi connectivity index (χ3n) is 7.49. The summed E-state index contributed by atoms with van der Waals surface area (Å²) < 4.78 is 12.5. The van der Waals surface area contributed by atoms with E-state index in [-0.39, 0.29) is 41.2 Å². The Labute approximate surface area is 273 Å². The van der Waals surface area contributed by atoms with E-state index >= 15 is 0 Å². The van der Waals surface area contributed by atoms with Gasteiger partial charge in [-0.05, 0) is 67.1 Å². The van der Waals surface area contributed by atoms with Gasteiger partial charge in [0, 0.05) is 47.1 Å². The molecule has 1 radical (unpaired) electrons. The summed E-state index contributed by atoms with van der Waals surface area (Å²) in [5.74, 6) is 1.25. The summed E-state index contributed by atoms with van der Waals surface area (Å²) in [7, 11) is 0. The van der Waals surface area contributed by atoms with Crippen LogP contribution in [0.5, 0.6) is 5.75 Å². The summed E-state index contributed by atoms with van der Waals surface area (Å²) in [5.41, 5.74) is 5.91. The van der Waals surface area contributed by atoms with E-state index in [9.17, 15) is 9.59 Å². The third-order valence-corrected chi connectivity index (χ3v) is 7.49. The second-order valence-corrected chi connectivity index (χ2v) is 10.4. The van der Waals surface area contributed by atoms with Crippen molar-refractivity contribution in [2.75, 3.05) is 0 Å². The van der Waals surface area contributed by atoms with Gasteiger partial charge in [-0.25, -0.2) is 9.78 Å². The first-order chi connectivity index (χ1) is 20.4. The largest absolute Gasteiger partial charge is 0.490 e. The van der Waals surface area contributed by atoms with Crippen LogP contribution in [0.2, 0.25) is 0 Å². The number of hydrogen-bond donors (Lipinski definition) is 1. The quantitative estimate of drug-likeness (QED) is 0.183. The van der Waals surface area contributed by atoms with E-state index in [1.54, 1.807) is 4.57 Å². The van der Waals surface area contributed by atoms with Gasteiger partial charge in [-0.2, -0.15) is 0 Å². The molecular weight excluding hydrogens is 551 g/mol. The summed E-state index contributed by atoms with van der Waals surface area (Å²) in [6.07, 6.45) is 4.15. The Morgan fingerprint density at radius 2 is 1.58 bits per heavy atom. The van der Waals surface area contributed by atoms with Gasteiger partial charge < -0.3 is 4.74 Å². The van der Waals surface area contributed by atoms with Crippen molar-refractivity contribution in [2.45, 2.75) is 65.9 Å². The van der Waals surface area contributed by atoms with Crippen molar-refractivity contribution in [3.8, 4) is 34.0 Å². The molecule has 5 aromatic rings. The summed E-state index contributed by atoms with van der Waals surface area (Å²) in [4.78, 5) is 33.0. The predicted molar refractivity (Wildman–Crippen MR) is 170 cm³/mol. The van der Waals surface area contributed by atoms with Crippen molar-refractivity contribution in [1.82, 2.24) is 19.7 Å². The number of benzene rings is 3. The van der Waals surface area contributed by atoms with E-state index in [1.807, 2.05) is 79.7 Å². The second-order valence-electron chi connectivity index (χ2n) is 10.4. The molecule has 0 aliphatic rings. The van der Waals surface area contributed by atoms with Gasteiger partial charge in [0.25, 0.3) is 5.56 Å². The van der Waals surface area contributed by atoms with Gasteiger partial charge in [-0.1, -0.05) is 80.9 Å². The first-order valence-corrected chi connectivity index (χ1v) is 14.5. The Morgan fingerprint density at radius 1 is 0.907 bits per heavy atom. The summed E-state index contributed by atoms with van der Waals surface area (Å²) >= 11 is 0. The molecule has 0 spiro atoms. The molecule has 0 saturated heterocycles. The van der Waals surface area contributed by atoms with Crippen LogP contribution in [0.4, 0.5) is 0 Å². The van der Waals surface area contributed by atoms with Gasteiger partial charge in [-0.3, -0.25) is 18.9 Å². The summed E-state index contributed by atoms with van der Waals surface area (Å²) in [5, 5.41) is 3.85. The number of hydrogen-bond acceptors (Lipinski definition) is 6. The monoisotopic (exact) mass is 587 g/mol. The molecule has 2 heterocycles. The second kappa shape index (κ2) is 14.6. The molecule has 2 aromatic heterocycles. The molecule has 0 bridgehead atoms. The van der Waals surface area contributed by atoms with Crippen LogP contribution in [-0.2, 0) is 12.8 Å². The molecule has 8 nitrogen and oxygen atoms in total. The van der Waals surface area contributed by atoms with Gasteiger partial charge in [0.2, 0.25) is 0 Å². The zero-order chi connectivity index (χ0) is 29.6. The van der Waals surface area contributed by atoms with Crippen LogP contribution in [0, 0.1) is 6.92 Å². The topological polar surface area (TPSA) is 103 Å². The van der Waals surface area contributed by atoms with Gasteiger partial charge in [0.05, 0.1) is 17.5 Å². The van der Waals surface area contributed by atoms with Crippen LogP contribution in [0.3, 0.4) is 0 Å². The molecule has 1 N–H and O–H groups in total. The van der Waals surface area contributed by atoms with Crippen LogP contribution in [0.1, 0.15) is 62.7 Å². The Bertz CT molecular complexity index is 1770. The number of H-pyrrole nitrogens is 1. The van der Waals surface area contributed by atoms with Crippen LogP contribution < -0.4 is 16.1 Å². The van der Waals surface area contributed by atoms with Crippen molar-refractivity contribution in [1.29, 1.82) is 0 Å². The minimum Gasteiger partial charge on any atom is -0.490 e. The molecule has 0 amide bonds. The molecule has 217 valence electrons. The van der Waals surface area contributed by atoms with Crippen LogP contribution in [-0.4, -0.2) is 55.4 Å². The smallest absolute Gasteiger partial charge is 0.439 e. The Morgan fingerprint density at radius 3 is 2.19 bits per heavy atom. The number of nitrogens with zero attached hydrogens (tertiary/aromatic N) is 3. The standard InChI is InChI=1S/C34H36N4O4.Na/c1-5-10-31-30(33(39)38(22(4)35-31)25-17-19-27(20-18-25)41-26(6-2)7-3)21-23-13-15-24(16-14-23)28-11-8-9-12-29(28)32-36-34(40)42-37-32;/h8-9,11-20,26H,5-7,10,21H2,1-4H3,(H,36,37,40);. The van der Waals surface area contributed by atoms with Gasteiger partial charge in [0.1, 0.15) is 11.6 Å². The molecule has 0 atom stereocenters. The van der Waals surface area contributed by atoms with Crippen molar-refractivity contribution >= 4 is 29.6 Å². The third kappa shape index (κ3) is 7.26. The molecule has 0 aliphatic heterocycles. The zero-order valence-corrected chi connectivity index (χ0v) is 27.5. The maximum atomic E-state index is 14.0. The van der Waals surface area contributed by atoms with Crippen molar-refractivity contribution < 1.29 is 9.26 Å². The SMILES string of the molecule is CCCc1nc(C)n(-c2ccc(OC(CC)CC)cc2)c(=O)c1Cc1ccc(-c2ccccc2-c2noc(=O)[nH]2)cc1.[Na]. The number of rotatable bonds is 11. The first kappa shape index (κ1) is 32.2. The Hall–Kier alpha value is -3.72.